The standard InChI is InChI=1S/C31H31ClN3O5P/c1-31(2,3)35(29(36)24-13-7-4-8-14-24)34-30(37)33-28(23-19-21-25(32)22-20-23)41(38,39-26-15-9-5-10-16-26)40-27-17-11-6-12-18-27/h4-22,28H,1-3H3,(H2,33,34,37)/t28-/m0/s1. The molecule has 0 aliphatic rings. The van der Waals surface area contributed by atoms with Gasteiger partial charge in [-0.15, -0.1) is 0 Å². The Morgan fingerprint density at radius 2 is 1.22 bits per heavy atom. The molecular formula is C31H31ClN3O5P. The van der Waals surface area contributed by atoms with Gasteiger partial charge in [0.05, 0.1) is 5.54 Å². The van der Waals surface area contributed by atoms with E-state index in [-0.39, 0.29) is 11.5 Å². The average molecular weight is 592 g/mol. The highest BCUT2D eigenvalue weighted by Crippen LogP contribution is 2.59. The van der Waals surface area contributed by atoms with Crippen molar-refractivity contribution in [3.63, 3.8) is 0 Å². The summed E-state index contributed by atoms with van der Waals surface area (Å²) in [5, 5.41) is 4.41. The number of halogens is 1. The number of carbonyl (C=O) groups excluding carboxylic acids is 2. The largest absolute Gasteiger partial charge is 0.457 e. The van der Waals surface area contributed by atoms with Gasteiger partial charge < -0.3 is 14.4 Å². The number of nitrogens with zero attached hydrogens (tertiary/aromatic N) is 1. The van der Waals surface area contributed by atoms with Crippen LogP contribution in [-0.4, -0.2) is 22.5 Å². The van der Waals surface area contributed by atoms with Crippen LogP contribution in [0.3, 0.4) is 0 Å². The Balaban J connectivity index is 1.71. The lowest BCUT2D eigenvalue weighted by molar-refractivity contribution is 0.0449. The summed E-state index contributed by atoms with van der Waals surface area (Å²) in [5.74, 6) is -1.15. The third kappa shape index (κ3) is 7.91. The van der Waals surface area contributed by atoms with Crippen molar-refractivity contribution in [1.29, 1.82) is 0 Å². The van der Waals surface area contributed by atoms with Gasteiger partial charge in [-0.05, 0) is 74.9 Å². The van der Waals surface area contributed by atoms with Crippen molar-refractivity contribution in [3.05, 3.63) is 131 Å². The van der Waals surface area contributed by atoms with E-state index in [1.54, 1.807) is 136 Å². The first kappa shape index (κ1) is 29.7. The highest BCUT2D eigenvalue weighted by Gasteiger charge is 2.43. The van der Waals surface area contributed by atoms with Crippen LogP contribution >= 0.6 is 19.2 Å². The Bertz CT molecular complexity index is 1450. The molecule has 0 saturated carbocycles. The zero-order valence-electron chi connectivity index (χ0n) is 22.9. The predicted molar refractivity (Wildman–Crippen MR) is 160 cm³/mol. The summed E-state index contributed by atoms with van der Waals surface area (Å²) in [7, 11) is -4.25. The number of hydrazine groups is 1. The zero-order chi connectivity index (χ0) is 29.5. The molecule has 8 nitrogen and oxygen atoms in total. The van der Waals surface area contributed by atoms with Gasteiger partial charge in [0.15, 0.2) is 5.78 Å². The van der Waals surface area contributed by atoms with E-state index in [9.17, 15) is 14.2 Å². The van der Waals surface area contributed by atoms with Crippen LogP contribution in [0.2, 0.25) is 5.02 Å². The molecule has 0 bridgehead atoms. The second kappa shape index (κ2) is 12.9. The lowest BCUT2D eigenvalue weighted by Crippen LogP contribution is -2.58. The summed E-state index contributed by atoms with van der Waals surface area (Å²) in [6.07, 6.45) is 0. The third-order valence-electron chi connectivity index (χ3n) is 5.83. The molecule has 4 aromatic carbocycles. The Labute approximate surface area is 244 Å². The summed E-state index contributed by atoms with van der Waals surface area (Å²) in [4.78, 5) is 26.9. The van der Waals surface area contributed by atoms with Gasteiger partial charge in [0.25, 0.3) is 5.91 Å². The molecule has 3 amide bonds. The number of carbonyl (C=O) groups is 2. The molecule has 4 aromatic rings. The van der Waals surface area contributed by atoms with Gasteiger partial charge in [-0.2, -0.15) is 0 Å². The number of nitrogens with one attached hydrogen (secondary N) is 2. The summed E-state index contributed by atoms with van der Waals surface area (Å²) in [6, 6.07) is 31.3. The Kier molecular flexibility index (Phi) is 9.38. The SMILES string of the molecule is CC(C)(C)N(NC(=O)N[C@H](c1ccc(Cl)cc1)P(=O)(Oc1ccccc1)Oc1ccccc1)C(=O)c1ccccc1. The van der Waals surface area contributed by atoms with Crippen molar-refractivity contribution in [2.24, 2.45) is 0 Å². The quantitative estimate of drug-likeness (QED) is 0.161. The molecule has 0 spiro atoms. The van der Waals surface area contributed by atoms with Gasteiger partial charge in [-0.1, -0.05) is 78.3 Å². The Morgan fingerprint density at radius 1 is 0.756 bits per heavy atom. The lowest BCUT2D eigenvalue weighted by Gasteiger charge is -2.36. The number of rotatable bonds is 8. The molecule has 0 radical (unpaired) electrons. The molecule has 0 fully saturated rings. The first-order valence-electron chi connectivity index (χ1n) is 12.9. The minimum atomic E-state index is -4.25. The van der Waals surface area contributed by atoms with Crippen LogP contribution in [-0.2, 0) is 4.57 Å². The zero-order valence-corrected chi connectivity index (χ0v) is 24.5. The molecule has 2 N–H and O–H groups in total. The van der Waals surface area contributed by atoms with Crippen LogP contribution in [0.1, 0.15) is 42.5 Å². The van der Waals surface area contributed by atoms with Gasteiger partial charge in [0, 0.05) is 10.6 Å². The Hall–Kier alpha value is -4.26. The van der Waals surface area contributed by atoms with E-state index in [0.717, 1.165) is 0 Å². The molecule has 10 heteroatoms. The predicted octanol–water partition coefficient (Wildman–Crippen LogP) is 7.84. The minimum Gasteiger partial charge on any atom is -0.414 e. The second-order valence-electron chi connectivity index (χ2n) is 10.1. The average Bonchev–Trinajstić information content (AvgIpc) is 2.96. The molecule has 41 heavy (non-hydrogen) atoms. The molecule has 4 rings (SSSR count). The molecular weight excluding hydrogens is 561 g/mol. The molecule has 0 aliphatic carbocycles. The van der Waals surface area contributed by atoms with Crippen molar-refractivity contribution in [2.45, 2.75) is 32.1 Å². The lowest BCUT2D eigenvalue weighted by atomic mass is 10.1. The molecule has 0 unspecified atom stereocenters. The van der Waals surface area contributed by atoms with E-state index in [1.807, 2.05) is 0 Å². The topological polar surface area (TPSA) is 97.0 Å². The fourth-order valence-electron chi connectivity index (χ4n) is 3.86. The van der Waals surface area contributed by atoms with E-state index < -0.39 is 30.9 Å². The van der Waals surface area contributed by atoms with E-state index in [2.05, 4.69) is 10.7 Å². The second-order valence-corrected chi connectivity index (χ2v) is 12.5. The summed E-state index contributed by atoms with van der Waals surface area (Å²) < 4.78 is 26.8. The van der Waals surface area contributed by atoms with Gasteiger partial charge in [0.2, 0.25) is 0 Å². The minimum absolute atomic E-state index is 0.281. The molecule has 0 saturated heterocycles. The normalized spacial score (nSPS) is 12.1. The fraction of sp³-hybridized carbons (Fsp3) is 0.161. The molecule has 0 heterocycles. The summed E-state index contributed by atoms with van der Waals surface area (Å²) in [5.41, 5.74) is 2.65. The van der Waals surface area contributed by atoms with Crippen molar-refractivity contribution in [2.75, 3.05) is 0 Å². The van der Waals surface area contributed by atoms with Crippen LogP contribution in [0.15, 0.2) is 115 Å². The Morgan fingerprint density at radius 3 is 1.68 bits per heavy atom. The number of hydrogen-bond donors (Lipinski definition) is 2. The maximum Gasteiger partial charge on any atom is 0.457 e. The van der Waals surface area contributed by atoms with E-state index in [1.165, 1.54) is 5.01 Å². The van der Waals surface area contributed by atoms with E-state index in [0.29, 0.717) is 16.1 Å². The van der Waals surface area contributed by atoms with E-state index in [4.69, 9.17) is 20.6 Å². The monoisotopic (exact) mass is 591 g/mol. The highest BCUT2D eigenvalue weighted by atomic mass is 35.5. The number of urea groups is 1. The van der Waals surface area contributed by atoms with Crippen LogP contribution in [0.5, 0.6) is 11.5 Å². The molecule has 0 aliphatic heterocycles. The number of hydrogen-bond acceptors (Lipinski definition) is 5. The van der Waals surface area contributed by atoms with Crippen molar-refractivity contribution >= 4 is 31.1 Å². The van der Waals surface area contributed by atoms with Crippen LogP contribution in [0.25, 0.3) is 0 Å². The number of amides is 3. The number of para-hydroxylation sites is 2. The van der Waals surface area contributed by atoms with Crippen LogP contribution in [0, 0.1) is 0 Å². The molecule has 212 valence electrons. The van der Waals surface area contributed by atoms with Crippen LogP contribution < -0.4 is 19.8 Å². The fourth-order valence-corrected chi connectivity index (χ4v) is 5.88. The van der Waals surface area contributed by atoms with Gasteiger partial charge in [0.1, 0.15) is 11.5 Å². The maximum absolute atomic E-state index is 14.7. The van der Waals surface area contributed by atoms with Crippen molar-refractivity contribution in [3.8, 4) is 11.5 Å². The van der Waals surface area contributed by atoms with Crippen molar-refractivity contribution < 1.29 is 23.2 Å². The molecule has 1 atom stereocenters. The molecule has 0 aromatic heterocycles. The first-order valence-corrected chi connectivity index (χ1v) is 14.9. The first-order chi connectivity index (χ1) is 19.5. The highest BCUT2D eigenvalue weighted by molar-refractivity contribution is 7.55. The van der Waals surface area contributed by atoms with E-state index >= 15 is 0 Å². The summed E-state index contributed by atoms with van der Waals surface area (Å²) in [6.45, 7) is 5.35. The maximum atomic E-state index is 14.7. The smallest absolute Gasteiger partial charge is 0.414 e. The van der Waals surface area contributed by atoms with Crippen molar-refractivity contribution in [1.82, 2.24) is 15.8 Å². The third-order valence-corrected chi connectivity index (χ3v) is 8.07. The van der Waals surface area contributed by atoms with Gasteiger partial charge in [-0.25, -0.2) is 19.8 Å². The van der Waals surface area contributed by atoms with Gasteiger partial charge >= 0.3 is 13.6 Å². The summed E-state index contributed by atoms with van der Waals surface area (Å²) >= 11 is 6.13. The van der Waals surface area contributed by atoms with Crippen LogP contribution in [0.4, 0.5) is 4.79 Å². The number of benzene rings is 4. The van der Waals surface area contributed by atoms with Gasteiger partial charge in [-0.3, -0.25) is 4.79 Å².